The molecule has 0 atom stereocenters. The number of hydrogen-bond acceptors (Lipinski definition) is 2. The summed E-state index contributed by atoms with van der Waals surface area (Å²) in [5.74, 6) is 1.79. The summed E-state index contributed by atoms with van der Waals surface area (Å²) < 4.78 is 1.78. The summed E-state index contributed by atoms with van der Waals surface area (Å²) in [5.41, 5.74) is 8.18. The van der Waals surface area contributed by atoms with Gasteiger partial charge in [0.1, 0.15) is 5.82 Å². The third kappa shape index (κ3) is 1.69. The first-order chi connectivity index (χ1) is 6.18. The van der Waals surface area contributed by atoms with Crippen molar-refractivity contribution in [3.8, 4) is 0 Å². The number of nitrogens with two attached hydrogens (primary N) is 1. The van der Waals surface area contributed by atoms with Crippen LogP contribution in [-0.4, -0.2) is 9.78 Å². The molecule has 0 spiro atoms. The second-order valence-electron chi connectivity index (χ2n) is 4.06. The van der Waals surface area contributed by atoms with Crippen molar-refractivity contribution in [2.24, 2.45) is 13.0 Å². The van der Waals surface area contributed by atoms with Crippen LogP contribution in [0.3, 0.4) is 0 Å². The van der Waals surface area contributed by atoms with Gasteiger partial charge in [-0.05, 0) is 25.7 Å². The van der Waals surface area contributed by atoms with E-state index in [1.54, 1.807) is 4.68 Å². The van der Waals surface area contributed by atoms with Crippen LogP contribution in [0.4, 0.5) is 5.82 Å². The van der Waals surface area contributed by atoms with Crippen LogP contribution in [0.15, 0.2) is 0 Å². The van der Waals surface area contributed by atoms with Gasteiger partial charge < -0.3 is 5.73 Å². The van der Waals surface area contributed by atoms with Gasteiger partial charge in [0.15, 0.2) is 0 Å². The number of aromatic nitrogens is 2. The van der Waals surface area contributed by atoms with E-state index in [1.165, 1.54) is 30.5 Å². The SMILES string of the molecule is Cc1c(CCC2CC2)nn(C)c1N. The van der Waals surface area contributed by atoms with Gasteiger partial charge in [0.25, 0.3) is 0 Å². The fourth-order valence-electron chi connectivity index (χ4n) is 1.69. The zero-order chi connectivity index (χ0) is 9.42. The van der Waals surface area contributed by atoms with Crippen molar-refractivity contribution >= 4 is 5.82 Å². The quantitative estimate of drug-likeness (QED) is 0.766. The van der Waals surface area contributed by atoms with E-state index >= 15 is 0 Å². The Morgan fingerprint density at radius 2 is 2.23 bits per heavy atom. The lowest BCUT2D eigenvalue weighted by molar-refractivity contribution is 0.685. The monoisotopic (exact) mass is 179 g/mol. The molecule has 0 aromatic carbocycles. The Labute approximate surface area is 78.9 Å². The van der Waals surface area contributed by atoms with E-state index in [4.69, 9.17) is 5.73 Å². The molecule has 1 aromatic rings. The van der Waals surface area contributed by atoms with Crippen LogP contribution in [0.2, 0.25) is 0 Å². The molecule has 1 aliphatic rings. The molecule has 0 unspecified atom stereocenters. The molecule has 1 saturated carbocycles. The van der Waals surface area contributed by atoms with Crippen molar-refractivity contribution in [1.82, 2.24) is 9.78 Å². The topological polar surface area (TPSA) is 43.8 Å². The van der Waals surface area contributed by atoms with Gasteiger partial charge in [-0.15, -0.1) is 0 Å². The highest BCUT2D eigenvalue weighted by atomic mass is 15.3. The van der Waals surface area contributed by atoms with Crippen LogP contribution in [-0.2, 0) is 13.5 Å². The van der Waals surface area contributed by atoms with E-state index in [9.17, 15) is 0 Å². The maximum Gasteiger partial charge on any atom is 0.124 e. The maximum atomic E-state index is 5.83. The van der Waals surface area contributed by atoms with Crippen molar-refractivity contribution in [3.63, 3.8) is 0 Å². The smallest absolute Gasteiger partial charge is 0.124 e. The van der Waals surface area contributed by atoms with Gasteiger partial charge >= 0.3 is 0 Å². The molecule has 13 heavy (non-hydrogen) atoms. The summed E-state index contributed by atoms with van der Waals surface area (Å²) in [4.78, 5) is 0. The van der Waals surface area contributed by atoms with Gasteiger partial charge in [-0.2, -0.15) is 5.10 Å². The minimum absolute atomic E-state index is 0.811. The summed E-state index contributed by atoms with van der Waals surface area (Å²) in [7, 11) is 1.91. The number of nitrogens with zero attached hydrogens (tertiary/aromatic N) is 2. The Kier molecular flexibility index (Phi) is 2.02. The fourth-order valence-corrected chi connectivity index (χ4v) is 1.69. The molecule has 2 rings (SSSR count). The molecule has 1 fully saturated rings. The molecule has 0 saturated heterocycles. The van der Waals surface area contributed by atoms with E-state index in [2.05, 4.69) is 12.0 Å². The minimum Gasteiger partial charge on any atom is -0.384 e. The van der Waals surface area contributed by atoms with Crippen molar-refractivity contribution in [2.75, 3.05) is 5.73 Å². The highest BCUT2D eigenvalue weighted by Crippen LogP contribution is 2.33. The Morgan fingerprint density at radius 1 is 1.54 bits per heavy atom. The molecule has 0 aliphatic heterocycles. The van der Waals surface area contributed by atoms with Crippen LogP contribution in [0.5, 0.6) is 0 Å². The average molecular weight is 179 g/mol. The number of hydrogen-bond donors (Lipinski definition) is 1. The van der Waals surface area contributed by atoms with E-state index in [1.807, 2.05) is 7.05 Å². The number of anilines is 1. The Morgan fingerprint density at radius 3 is 2.69 bits per heavy atom. The molecule has 0 bridgehead atoms. The Hall–Kier alpha value is -0.990. The van der Waals surface area contributed by atoms with E-state index < -0.39 is 0 Å². The van der Waals surface area contributed by atoms with Crippen molar-refractivity contribution < 1.29 is 0 Å². The maximum absolute atomic E-state index is 5.83. The Bertz CT molecular complexity index is 310. The molecule has 2 N–H and O–H groups in total. The third-order valence-corrected chi connectivity index (χ3v) is 2.92. The zero-order valence-corrected chi connectivity index (χ0v) is 8.38. The first kappa shape index (κ1) is 8.60. The largest absolute Gasteiger partial charge is 0.384 e. The van der Waals surface area contributed by atoms with Gasteiger partial charge in [-0.3, -0.25) is 4.68 Å². The molecule has 1 aliphatic carbocycles. The minimum atomic E-state index is 0.811. The van der Waals surface area contributed by atoms with Crippen molar-refractivity contribution in [2.45, 2.75) is 32.6 Å². The fraction of sp³-hybridized carbons (Fsp3) is 0.700. The molecule has 72 valence electrons. The lowest BCUT2D eigenvalue weighted by Gasteiger charge is -1.95. The van der Waals surface area contributed by atoms with Gasteiger partial charge in [0.2, 0.25) is 0 Å². The summed E-state index contributed by atoms with van der Waals surface area (Å²) >= 11 is 0. The average Bonchev–Trinajstić information content (AvgIpc) is 2.89. The molecular weight excluding hydrogens is 162 g/mol. The van der Waals surface area contributed by atoms with Crippen molar-refractivity contribution in [1.29, 1.82) is 0 Å². The molecule has 3 heteroatoms. The van der Waals surface area contributed by atoms with Gasteiger partial charge in [-0.1, -0.05) is 12.8 Å². The van der Waals surface area contributed by atoms with E-state index in [0.29, 0.717) is 0 Å². The molecule has 1 heterocycles. The second-order valence-corrected chi connectivity index (χ2v) is 4.06. The molecule has 1 aromatic heterocycles. The molecular formula is C10H17N3. The summed E-state index contributed by atoms with van der Waals surface area (Å²) in [6.45, 7) is 2.06. The standard InChI is InChI=1S/C10H17N3/c1-7-9(6-5-8-3-4-8)12-13(2)10(7)11/h8H,3-6,11H2,1-2H3. The van der Waals surface area contributed by atoms with Gasteiger partial charge in [0.05, 0.1) is 5.69 Å². The second kappa shape index (κ2) is 3.05. The summed E-state index contributed by atoms with van der Waals surface area (Å²) in [6.07, 6.45) is 5.22. The predicted octanol–water partition coefficient (Wildman–Crippen LogP) is 1.65. The predicted molar refractivity (Wildman–Crippen MR) is 53.4 cm³/mol. The normalized spacial score (nSPS) is 16.5. The van der Waals surface area contributed by atoms with Crippen LogP contribution in [0, 0.1) is 12.8 Å². The summed E-state index contributed by atoms with van der Waals surface area (Å²) in [5, 5.41) is 4.40. The molecule has 0 amide bonds. The molecule has 3 nitrogen and oxygen atoms in total. The van der Waals surface area contributed by atoms with Crippen LogP contribution in [0.25, 0.3) is 0 Å². The number of nitrogen functional groups attached to an aromatic ring is 1. The number of rotatable bonds is 3. The van der Waals surface area contributed by atoms with E-state index in [0.717, 1.165) is 18.2 Å². The highest BCUT2D eigenvalue weighted by Gasteiger charge is 2.21. The Balaban J connectivity index is 2.05. The molecule has 0 radical (unpaired) electrons. The first-order valence-electron chi connectivity index (χ1n) is 4.96. The van der Waals surface area contributed by atoms with Crippen LogP contribution < -0.4 is 5.73 Å². The van der Waals surface area contributed by atoms with Gasteiger partial charge in [0, 0.05) is 12.6 Å². The highest BCUT2D eigenvalue weighted by molar-refractivity contribution is 5.42. The van der Waals surface area contributed by atoms with Crippen LogP contribution >= 0.6 is 0 Å². The lowest BCUT2D eigenvalue weighted by Crippen LogP contribution is -1.97. The number of aryl methyl sites for hydroxylation is 2. The third-order valence-electron chi connectivity index (χ3n) is 2.92. The van der Waals surface area contributed by atoms with E-state index in [-0.39, 0.29) is 0 Å². The van der Waals surface area contributed by atoms with Crippen molar-refractivity contribution in [3.05, 3.63) is 11.3 Å². The zero-order valence-electron chi connectivity index (χ0n) is 8.38. The first-order valence-corrected chi connectivity index (χ1v) is 4.96. The summed E-state index contributed by atoms with van der Waals surface area (Å²) in [6, 6.07) is 0. The van der Waals surface area contributed by atoms with Gasteiger partial charge in [-0.25, -0.2) is 0 Å². The van der Waals surface area contributed by atoms with Crippen LogP contribution in [0.1, 0.15) is 30.5 Å². The lowest BCUT2D eigenvalue weighted by atomic mass is 10.1.